The number of nitrogens with zero attached hydrogens (tertiary/aromatic N) is 2. The van der Waals surface area contributed by atoms with Crippen LogP contribution in [0.3, 0.4) is 0 Å². The van der Waals surface area contributed by atoms with Crippen molar-refractivity contribution in [1.29, 1.82) is 0 Å². The molecule has 1 spiro atoms. The van der Waals surface area contributed by atoms with Crippen LogP contribution in [0.25, 0.3) is 0 Å². The highest BCUT2D eigenvalue weighted by Crippen LogP contribution is 2.47. The Morgan fingerprint density at radius 3 is 2.45 bits per heavy atom. The lowest BCUT2D eigenvalue weighted by Crippen LogP contribution is -2.45. The third kappa shape index (κ3) is 6.20. The Hall–Kier alpha value is -1.65. The van der Waals surface area contributed by atoms with Crippen molar-refractivity contribution in [1.82, 2.24) is 9.80 Å². The van der Waals surface area contributed by atoms with Crippen LogP contribution < -0.4 is 0 Å². The first-order valence-corrected chi connectivity index (χ1v) is 11.3. The molecule has 10 heteroatoms. The lowest BCUT2D eigenvalue weighted by atomic mass is 9.71. The van der Waals surface area contributed by atoms with Gasteiger partial charge in [0.05, 0.1) is 12.5 Å². The minimum Gasteiger partial charge on any atom is -0.475 e. The molecule has 174 valence electrons. The highest BCUT2D eigenvalue weighted by molar-refractivity contribution is 7.09. The van der Waals surface area contributed by atoms with Gasteiger partial charge in [-0.15, -0.1) is 11.3 Å². The van der Waals surface area contributed by atoms with Gasteiger partial charge >= 0.3 is 12.1 Å². The first-order chi connectivity index (χ1) is 14.6. The van der Waals surface area contributed by atoms with Gasteiger partial charge in [-0.1, -0.05) is 6.07 Å². The zero-order chi connectivity index (χ0) is 22.6. The third-order valence-corrected chi connectivity index (χ3v) is 7.28. The van der Waals surface area contributed by atoms with Crippen LogP contribution in [0.4, 0.5) is 13.2 Å². The van der Waals surface area contributed by atoms with Gasteiger partial charge in [0.2, 0.25) is 5.91 Å². The molecule has 1 unspecified atom stereocenters. The number of carbonyl (C=O) groups is 2. The number of aliphatic carboxylic acids is 1. The molecule has 1 amide bonds. The maximum Gasteiger partial charge on any atom is 0.490 e. The van der Waals surface area contributed by atoms with Crippen LogP contribution in [0.5, 0.6) is 0 Å². The smallest absolute Gasteiger partial charge is 0.475 e. The van der Waals surface area contributed by atoms with E-state index in [1.165, 1.54) is 17.7 Å². The predicted octanol–water partition coefficient (Wildman–Crippen LogP) is 3.48. The maximum atomic E-state index is 12.9. The van der Waals surface area contributed by atoms with Gasteiger partial charge in [-0.05, 0) is 56.1 Å². The number of thiophene rings is 1. The van der Waals surface area contributed by atoms with Crippen LogP contribution in [0.15, 0.2) is 17.5 Å². The van der Waals surface area contributed by atoms with Crippen molar-refractivity contribution in [2.75, 3.05) is 39.9 Å². The summed E-state index contributed by atoms with van der Waals surface area (Å²) in [6, 6.07) is 4.35. The molecule has 1 aliphatic carbocycles. The number of halogens is 3. The number of rotatable bonds is 6. The number of alkyl halides is 3. The average Bonchev–Trinajstić information content (AvgIpc) is 3.31. The van der Waals surface area contributed by atoms with Gasteiger partial charge in [-0.2, -0.15) is 13.2 Å². The fraction of sp³-hybridized carbons (Fsp3) is 0.714. The van der Waals surface area contributed by atoms with Crippen LogP contribution in [-0.4, -0.2) is 72.9 Å². The number of ether oxygens (including phenoxy) is 1. The lowest BCUT2D eigenvalue weighted by Gasteiger charge is -2.41. The number of carbonyl (C=O) groups excluding carboxylic acids is 1. The highest BCUT2D eigenvalue weighted by atomic mass is 32.1. The second-order valence-corrected chi connectivity index (χ2v) is 9.72. The maximum absolute atomic E-state index is 12.9. The van der Waals surface area contributed by atoms with Gasteiger partial charge in [0.1, 0.15) is 0 Å². The van der Waals surface area contributed by atoms with E-state index in [9.17, 15) is 18.0 Å². The quantitative estimate of drug-likeness (QED) is 0.701. The molecular formula is C21H29F3N2O4S. The van der Waals surface area contributed by atoms with Crippen LogP contribution in [-0.2, 0) is 20.9 Å². The van der Waals surface area contributed by atoms with Crippen molar-refractivity contribution < 1.29 is 32.6 Å². The minimum atomic E-state index is -5.08. The molecule has 31 heavy (non-hydrogen) atoms. The number of carboxylic acid groups (broad SMARTS) is 1. The first kappa shape index (κ1) is 24.0. The number of methoxy groups -OCH3 is 1. The Bertz CT molecular complexity index is 744. The standard InChI is InChI=1S/C19H28N2O2S.C2HF3O2/c1-23-13-17-18(22)21(11-15-4-5-15)14-19(17)6-8-20(9-7-19)12-16-3-2-10-24-16;3-2(4,5)1(6)7/h2-3,10,15,17H,4-9,11-14H2,1H3;(H,6,7). The normalized spacial score (nSPS) is 23.7. The number of hydrogen-bond donors (Lipinski definition) is 1. The molecule has 1 aromatic rings. The second kappa shape index (κ2) is 9.87. The molecule has 3 heterocycles. The van der Waals surface area contributed by atoms with E-state index in [4.69, 9.17) is 14.6 Å². The molecule has 0 aromatic carbocycles. The van der Waals surface area contributed by atoms with E-state index < -0.39 is 12.1 Å². The summed E-state index contributed by atoms with van der Waals surface area (Å²) in [5, 5.41) is 9.28. The zero-order valence-corrected chi connectivity index (χ0v) is 18.4. The van der Waals surface area contributed by atoms with Crippen molar-refractivity contribution >= 4 is 23.2 Å². The van der Waals surface area contributed by atoms with Gasteiger partial charge < -0.3 is 14.7 Å². The van der Waals surface area contributed by atoms with Crippen molar-refractivity contribution in [3.8, 4) is 0 Å². The lowest BCUT2D eigenvalue weighted by molar-refractivity contribution is -0.192. The Morgan fingerprint density at radius 1 is 1.32 bits per heavy atom. The minimum absolute atomic E-state index is 0.0742. The summed E-state index contributed by atoms with van der Waals surface area (Å²) >= 11 is 1.84. The van der Waals surface area contributed by atoms with E-state index >= 15 is 0 Å². The van der Waals surface area contributed by atoms with Crippen molar-refractivity contribution in [3.63, 3.8) is 0 Å². The van der Waals surface area contributed by atoms with Crippen LogP contribution in [0.1, 0.15) is 30.6 Å². The summed E-state index contributed by atoms with van der Waals surface area (Å²) in [6.07, 6.45) is -0.223. The molecule has 2 saturated heterocycles. The molecule has 3 fully saturated rings. The summed E-state index contributed by atoms with van der Waals surface area (Å²) in [5.74, 6) is -1.56. The molecule has 1 saturated carbocycles. The number of likely N-dealkylation sites (tertiary alicyclic amines) is 2. The molecule has 0 radical (unpaired) electrons. The Kier molecular flexibility index (Phi) is 7.64. The topological polar surface area (TPSA) is 70.1 Å². The van der Waals surface area contributed by atoms with E-state index in [2.05, 4.69) is 27.3 Å². The van der Waals surface area contributed by atoms with Gasteiger partial charge in [0.15, 0.2) is 0 Å². The predicted molar refractivity (Wildman–Crippen MR) is 110 cm³/mol. The summed E-state index contributed by atoms with van der Waals surface area (Å²) in [7, 11) is 1.73. The molecule has 4 rings (SSSR count). The van der Waals surface area contributed by atoms with Crippen LogP contribution in [0.2, 0.25) is 0 Å². The number of piperidine rings is 1. The fourth-order valence-electron chi connectivity index (χ4n) is 4.52. The van der Waals surface area contributed by atoms with E-state index in [-0.39, 0.29) is 11.3 Å². The first-order valence-electron chi connectivity index (χ1n) is 10.5. The molecule has 2 aliphatic heterocycles. The third-order valence-electron chi connectivity index (χ3n) is 6.42. The molecule has 1 aromatic heterocycles. The second-order valence-electron chi connectivity index (χ2n) is 8.69. The van der Waals surface area contributed by atoms with Gasteiger partial charge in [0.25, 0.3) is 0 Å². The number of amides is 1. The molecular weight excluding hydrogens is 433 g/mol. The molecule has 3 aliphatic rings. The van der Waals surface area contributed by atoms with E-state index in [1.807, 2.05) is 11.3 Å². The monoisotopic (exact) mass is 462 g/mol. The van der Waals surface area contributed by atoms with Gasteiger partial charge in [-0.3, -0.25) is 9.69 Å². The molecule has 0 bridgehead atoms. The Morgan fingerprint density at radius 2 is 1.97 bits per heavy atom. The van der Waals surface area contributed by atoms with E-state index in [1.54, 1.807) is 7.11 Å². The van der Waals surface area contributed by atoms with Gasteiger partial charge in [0, 0.05) is 37.0 Å². The number of carboxylic acids is 1. The number of hydrogen-bond acceptors (Lipinski definition) is 5. The summed E-state index contributed by atoms with van der Waals surface area (Å²) < 4.78 is 37.2. The van der Waals surface area contributed by atoms with Crippen molar-refractivity contribution in [3.05, 3.63) is 22.4 Å². The zero-order valence-electron chi connectivity index (χ0n) is 17.6. The molecule has 1 atom stereocenters. The van der Waals surface area contributed by atoms with Crippen LogP contribution in [0, 0.1) is 17.3 Å². The summed E-state index contributed by atoms with van der Waals surface area (Å²) in [6.45, 7) is 5.79. The molecule has 1 N–H and O–H groups in total. The summed E-state index contributed by atoms with van der Waals surface area (Å²) in [4.78, 5) is 28.0. The SMILES string of the molecule is COCC1C(=O)N(CC2CC2)CC12CCN(Cc1cccs1)CC2.O=C(O)C(F)(F)F. The van der Waals surface area contributed by atoms with E-state index in [0.29, 0.717) is 12.5 Å². The molecule has 6 nitrogen and oxygen atoms in total. The summed E-state index contributed by atoms with van der Waals surface area (Å²) in [5.41, 5.74) is 0.147. The van der Waals surface area contributed by atoms with Crippen LogP contribution >= 0.6 is 11.3 Å². The van der Waals surface area contributed by atoms with Crippen molar-refractivity contribution in [2.45, 2.75) is 38.4 Å². The van der Waals surface area contributed by atoms with Gasteiger partial charge in [-0.25, -0.2) is 4.79 Å². The largest absolute Gasteiger partial charge is 0.490 e. The highest BCUT2D eigenvalue weighted by Gasteiger charge is 2.53. The van der Waals surface area contributed by atoms with E-state index in [0.717, 1.165) is 51.5 Å². The Labute approximate surface area is 184 Å². The fourth-order valence-corrected chi connectivity index (χ4v) is 5.26. The van der Waals surface area contributed by atoms with Crippen molar-refractivity contribution in [2.24, 2.45) is 17.3 Å². The average molecular weight is 463 g/mol. The Balaban J connectivity index is 0.000000339.